The molecule has 0 spiro atoms. The number of hydrogen-bond donors (Lipinski definition) is 2. The van der Waals surface area contributed by atoms with Gasteiger partial charge in [-0.2, -0.15) is 0 Å². The molecule has 6 heteroatoms. The Kier molecular flexibility index (Phi) is 6.62. The lowest BCUT2D eigenvalue weighted by molar-refractivity contribution is -0.119. The molecule has 0 aliphatic carbocycles. The molecular formula is C20H20BrClN2O2. The van der Waals surface area contributed by atoms with Crippen LogP contribution in [0.3, 0.4) is 0 Å². The third-order valence-corrected chi connectivity index (χ3v) is 4.08. The van der Waals surface area contributed by atoms with E-state index in [1.165, 1.54) is 0 Å². The average molecular weight is 436 g/mol. The molecule has 26 heavy (non-hydrogen) atoms. The van der Waals surface area contributed by atoms with Crippen molar-refractivity contribution < 1.29 is 9.59 Å². The zero-order chi connectivity index (χ0) is 19.3. The predicted molar refractivity (Wildman–Crippen MR) is 109 cm³/mol. The van der Waals surface area contributed by atoms with E-state index in [-0.39, 0.29) is 11.6 Å². The molecule has 0 saturated heterocycles. The van der Waals surface area contributed by atoms with E-state index in [1.807, 2.05) is 45.0 Å². The third-order valence-electron chi connectivity index (χ3n) is 3.26. The summed E-state index contributed by atoms with van der Waals surface area (Å²) in [5.41, 5.74) is 0.779. The Balaban J connectivity index is 2.36. The summed E-state index contributed by atoms with van der Waals surface area (Å²) in [6, 6.07) is 14.1. The minimum absolute atomic E-state index is 0.142. The fourth-order valence-electron chi connectivity index (χ4n) is 2.16. The van der Waals surface area contributed by atoms with E-state index in [0.29, 0.717) is 10.6 Å². The Hall–Kier alpha value is -2.11. The largest absolute Gasteiger partial charge is 0.346 e. The van der Waals surface area contributed by atoms with Gasteiger partial charge in [0.05, 0.1) is 10.6 Å². The third kappa shape index (κ3) is 6.00. The van der Waals surface area contributed by atoms with Crippen LogP contribution in [0.25, 0.3) is 6.08 Å². The van der Waals surface area contributed by atoms with Crippen molar-refractivity contribution in [2.24, 2.45) is 0 Å². The molecule has 0 aliphatic rings. The van der Waals surface area contributed by atoms with Gasteiger partial charge in [0.15, 0.2) is 0 Å². The van der Waals surface area contributed by atoms with Crippen LogP contribution < -0.4 is 10.6 Å². The van der Waals surface area contributed by atoms with Crippen molar-refractivity contribution in [1.29, 1.82) is 0 Å². The molecule has 2 amide bonds. The quantitative estimate of drug-likeness (QED) is 0.679. The Morgan fingerprint density at radius 1 is 1.08 bits per heavy atom. The van der Waals surface area contributed by atoms with Crippen molar-refractivity contribution in [2.75, 3.05) is 0 Å². The molecule has 2 aromatic carbocycles. The molecule has 0 unspecified atom stereocenters. The summed E-state index contributed by atoms with van der Waals surface area (Å²) < 4.78 is 0.874. The molecule has 0 aliphatic heterocycles. The number of benzene rings is 2. The summed E-state index contributed by atoms with van der Waals surface area (Å²) in [5, 5.41) is 5.86. The van der Waals surface area contributed by atoms with Crippen molar-refractivity contribution in [3.05, 3.63) is 74.9 Å². The van der Waals surface area contributed by atoms with Gasteiger partial charge >= 0.3 is 0 Å². The lowest BCUT2D eigenvalue weighted by Gasteiger charge is -2.22. The van der Waals surface area contributed by atoms with E-state index in [2.05, 4.69) is 26.6 Å². The second-order valence-electron chi connectivity index (χ2n) is 6.75. The Bertz CT molecular complexity index is 857. The van der Waals surface area contributed by atoms with Crippen LogP contribution in [0, 0.1) is 0 Å². The SMILES string of the molecule is CC(C)(C)NC(=O)/C(=C\c1cccc(Br)c1)NC(=O)c1ccccc1Cl. The van der Waals surface area contributed by atoms with Gasteiger partial charge in [0.2, 0.25) is 0 Å². The summed E-state index contributed by atoms with van der Waals surface area (Å²) in [7, 11) is 0. The number of carbonyl (C=O) groups is 2. The molecule has 2 rings (SSSR count). The van der Waals surface area contributed by atoms with E-state index in [0.717, 1.165) is 10.0 Å². The molecule has 0 aromatic heterocycles. The van der Waals surface area contributed by atoms with Gasteiger partial charge in [-0.25, -0.2) is 0 Å². The second kappa shape index (κ2) is 8.52. The van der Waals surface area contributed by atoms with Crippen LogP contribution in [-0.2, 0) is 4.79 Å². The van der Waals surface area contributed by atoms with E-state index in [4.69, 9.17) is 11.6 Å². The maximum atomic E-state index is 12.7. The molecule has 2 aromatic rings. The van der Waals surface area contributed by atoms with Crippen molar-refractivity contribution in [3.8, 4) is 0 Å². The number of hydrogen-bond acceptors (Lipinski definition) is 2. The number of amides is 2. The van der Waals surface area contributed by atoms with Crippen LogP contribution in [-0.4, -0.2) is 17.4 Å². The van der Waals surface area contributed by atoms with E-state index < -0.39 is 11.4 Å². The summed E-state index contributed by atoms with van der Waals surface area (Å²) >= 11 is 9.48. The van der Waals surface area contributed by atoms with E-state index in [9.17, 15) is 9.59 Å². The first kappa shape index (κ1) is 20.2. The maximum absolute atomic E-state index is 12.7. The number of halogens is 2. The predicted octanol–water partition coefficient (Wildman–Crippen LogP) is 4.79. The van der Waals surface area contributed by atoms with Crippen LogP contribution in [0.4, 0.5) is 0 Å². The number of rotatable bonds is 4. The maximum Gasteiger partial charge on any atom is 0.268 e. The molecule has 0 saturated carbocycles. The highest BCUT2D eigenvalue weighted by molar-refractivity contribution is 9.10. The Labute approximate surface area is 166 Å². The lowest BCUT2D eigenvalue weighted by atomic mass is 10.1. The summed E-state index contributed by atoms with van der Waals surface area (Å²) in [4.78, 5) is 25.2. The van der Waals surface area contributed by atoms with Gasteiger partial charge in [-0.1, -0.05) is 51.8 Å². The van der Waals surface area contributed by atoms with Crippen molar-refractivity contribution in [3.63, 3.8) is 0 Å². The minimum Gasteiger partial charge on any atom is -0.346 e. The molecule has 0 fully saturated rings. The molecule has 0 atom stereocenters. The van der Waals surface area contributed by atoms with Crippen molar-refractivity contribution in [2.45, 2.75) is 26.3 Å². The highest BCUT2D eigenvalue weighted by atomic mass is 79.9. The first-order chi connectivity index (χ1) is 12.2. The van der Waals surface area contributed by atoms with Gasteiger partial charge in [0, 0.05) is 10.0 Å². The highest BCUT2D eigenvalue weighted by Crippen LogP contribution is 2.17. The Morgan fingerprint density at radius 3 is 2.38 bits per heavy atom. The van der Waals surface area contributed by atoms with Crippen molar-refractivity contribution in [1.82, 2.24) is 10.6 Å². The normalized spacial score (nSPS) is 11.8. The molecule has 0 radical (unpaired) electrons. The zero-order valence-electron chi connectivity index (χ0n) is 14.8. The topological polar surface area (TPSA) is 58.2 Å². The van der Waals surface area contributed by atoms with Gasteiger partial charge in [-0.3, -0.25) is 9.59 Å². The zero-order valence-corrected chi connectivity index (χ0v) is 17.1. The summed E-state index contributed by atoms with van der Waals surface area (Å²) in [6.07, 6.45) is 1.63. The average Bonchev–Trinajstić information content (AvgIpc) is 2.53. The van der Waals surface area contributed by atoms with Crippen LogP contribution >= 0.6 is 27.5 Å². The fraction of sp³-hybridized carbons (Fsp3) is 0.200. The van der Waals surface area contributed by atoms with Crippen LogP contribution in [0.2, 0.25) is 5.02 Å². The van der Waals surface area contributed by atoms with E-state index >= 15 is 0 Å². The number of carbonyl (C=O) groups excluding carboxylic acids is 2. The van der Waals surface area contributed by atoms with Gasteiger partial charge in [0.25, 0.3) is 11.8 Å². The molecule has 136 valence electrons. The minimum atomic E-state index is -0.444. The first-order valence-corrected chi connectivity index (χ1v) is 9.18. The van der Waals surface area contributed by atoms with Crippen LogP contribution in [0.5, 0.6) is 0 Å². The summed E-state index contributed by atoms with van der Waals surface area (Å²) in [5.74, 6) is -0.821. The fourth-order valence-corrected chi connectivity index (χ4v) is 2.80. The lowest BCUT2D eigenvalue weighted by Crippen LogP contribution is -2.44. The monoisotopic (exact) mass is 434 g/mol. The van der Waals surface area contributed by atoms with Crippen molar-refractivity contribution >= 4 is 45.4 Å². The standard InChI is InChI=1S/C20H20BrClN2O2/c1-20(2,3)24-19(26)17(12-13-7-6-8-14(21)11-13)23-18(25)15-9-4-5-10-16(15)22/h4-12H,1-3H3,(H,23,25)(H,24,26)/b17-12+. The summed E-state index contributed by atoms with van der Waals surface area (Å²) in [6.45, 7) is 5.62. The number of nitrogens with one attached hydrogen (secondary N) is 2. The molecule has 0 bridgehead atoms. The smallest absolute Gasteiger partial charge is 0.268 e. The highest BCUT2D eigenvalue weighted by Gasteiger charge is 2.20. The second-order valence-corrected chi connectivity index (χ2v) is 8.07. The van der Waals surface area contributed by atoms with Crippen LogP contribution in [0.1, 0.15) is 36.7 Å². The molecular weight excluding hydrogens is 416 g/mol. The van der Waals surface area contributed by atoms with Crippen LogP contribution in [0.15, 0.2) is 58.7 Å². The van der Waals surface area contributed by atoms with Gasteiger partial charge in [-0.15, -0.1) is 0 Å². The molecule has 0 heterocycles. The van der Waals surface area contributed by atoms with Gasteiger partial charge in [-0.05, 0) is 56.7 Å². The molecule has 4 nitrogen and oxygen atoms in total. The molecule has 2 N–H and O–H groups in total. The van der Waals surface area contributed by atoms with E-state index in [1.54, 1.807) is 30.3 Å². The Morgan fingerprint density at radius 2 is 1.77 bits per heavy atom. The van der Waals surface area contributed by atoms with Gasteiger partial charge in [0.1, 0.15) is 5.70 Å². The van der Waals surface area contributed by atoms with Gasteiger partial charge < -0.3 is 10.6 Å². The first-order valence-electron chi connectivity index (χ1n) is 8.01.